The van der Waals surface area contributed by atoms with Crippen LogP contribution in [0.3, 0.4) is 0 Å². The average Bonchev–Trinajstić information content (AvgIpc) is 2.44. The number of hydroxylamine groups is 2. The Morgan fingerprint density at radius 2 is 2.38 bits per heavy atom. The van der Waals surface area contributed by atoms with Gasteiger partial charge in [-0.3, -0.25) is 9.63 Å². The minimum absolute atomic E-state index is 0.0852. The number of hydrazone groups is 1. The molecule has 0 fully saturated rings. The largest absolute Gasteiger partial charge is 0.298 e. The maximum absolute atomic E-state index is 11.5. The topological polar surface area (TPSA) is 45.1 Å². The highest BCUT2D eigenvalue weighted by Gasteiger charge is 2.20. The molecule has 1 aliphatic heterocycles. The molecule has 6 heteroatoms. The van der Waals surface area contributed by atoms with E-state index in [2.05, 4.69) is 5.10 Å². The van der Waals surface area contributed by atoms with Gasteiger partial charge >= 0.3 is 0 Å². The van der Waals surface area contributed by atoms with Gasteiger partial charge in [-0.2, -0.15) is 5.10 Å². The minimum atomic E-state index is -0.216. The molecule has 74 valence electrons. The van der Waals surface area contributed by atoms with E-state index in [-0.39, 0.29) is 16.6 Å². The van der Waals surface area contributed by atoms with Crippen LogP contribution in [-0.2, 0) is 9.63 Å². The lowest BCUT2D eigenvalue weighted by Crippen LogP contribution is -2.32. The first-order valence-corrected chi connectivity index (χ1v) is 5.35. The standard InChI is InChI=1S/C7H13N3O2S/c1-9(12-3)7(11)6-5-13(4)10(2)8-6/h5H,1-4H3. The summed E-state index contributed by atoms with van der Waals surface area (Å²) >= 11 is 0. The predicted molar refractivity (Wildman–Crippen MR) is 54.6 cm³/mol. The van der Waals surface area contributed by atoms with E-state index in [1.54, 1.807) is 11.5 Å². The number of amides is 1. The van der Waals surface area contributed by atoms with Crippen LogP contribution in [0.1, 0.15) is 0 Å². The minimum Gasteiger partial charge on any atom is -0.274 e. The molecule has 0 saturated carbocycles. The van der Waals surface area contributed by atoms with Crippen molar-refractivity contribution in [2.24, 2.45) is 5.10 Å². The van der Waals surface area contributed by atoms with Gasteiger partial charge < -0.3 is 0 Å². The van der Waals surface area contributed by atoms with Gasteiger partial charge in [0.05, 0.1) is 7.11 Å². The maximum Gasteiger partial charge on any atom is 0.298 e. The number of carbonyl (C=O) groups excluding carboxylic acids is 1. The fourth-order valence-electron chi connectivity index (χ4n) is 0.815. The molecular formula is C7H13N3O2S. The van der Waals surface area contributed by atoms with Gasteiger partial charge in [0.2, 0.25) is 0 Å². The molecule has 0 N–H and O–H groups in total. The van der Waals surface area contributed by atoms with Crippen LogP contribution in [0.5, 0.6) is 0 Å². The average molecular weight is 203 g/mol. The summed E-state index contributed by atoms with van der Waals surface area (Å²) in [5, 5.41) is 7.06. The van der Waals surface area contributed by atoms with Gasteiger partial charge in [-0.05, 0) is 6.26 Å². The number of nitrogens with zero attached hydrogens (tertiary/aromatic N) is 3. The number of hydrogen-bond acceptors (Lipinski definition) is 4. The molecule has 1 rings (SSSR count). The van der Waals surface area contributed by atoms with Crippen molar-refractivity contribution in [2.45, 2.75) is 0 Å². The summed E-state index contributed by atoms with van der Waals surface area (Å²) in [4.78, 5) is 16.2. The van der Waals surface area contributed by atoms with Gasteiger partial charge in [0.1, 0.15) is 0 Å². The second-order valence-electron chi connectivity index (χ2n) is 2.58. The first-order chi connectivity index (χ1) is 6.06. The third-order valence-corrected chi connectivity index (χ3v) is 3.21. The second-order valence-corrected chi connectivity index (χ2v) is 4.39. The molecular weight excluding hydrogens is 190 g/mol. The molecule has 5 nitrogen and oxygen atoms in total. The summed E-state index contributed by atoms with van der Waals surface area (Å²) in [6.45, 7) is 0. The van der Waals surface area contributed by atoms with Gasteiger partial charge in [0, 0.05) is 19.5 Å². The van der Waals surface area contributed by atoms with E-state index in [0.717, 1.165) is 5.06 Å². The zero-order valence-electron chi connectivity index (χ0n) is 8.14. The third kappa shape index (κ3) is 2.07. The summed E-state index contributed by atoms with van der Waals surface area (Å²) in [6, 6.07) is 0. The van der Waals surface area contributed by atoms with Crippen molar-refractivity contribution in [3.8, 4) is 0 Å². The summed E-state index contributed by atoms with van der Waals surface area (Å²) in [5.41, 5.74) is 0.442. The Balaban J connectivity index is 2.76. The molecule has 1 aliphatic rings. The SMILES string of the molecule is CON(C)C(=O)C1=NN(C)S(C)=C1. The van der Waals surface area contributed by atoms with E-state index in [0.29, 0.717) is 5.71 Å². The lowest BCUT2D eigenvalue weighted by atomic mass is 10.4. The van der Waals surface area contributed by atoms with E-state index in [9.17, 15) is 4.79 Å². The summed E-state index contributed by atoms with van der Waals surface area (Å²) in [7, 11) is 4.76. The van der Waals surface area contributed by atoms with Crippen molar-refractivity contribution >= 4 is 27.7 Å². The molecule has 1 amide bonds. The van der Waals surface area contributed by atoms with Gasteiger partial charge in [0.15, 0.2) is 5.71 Å². The highest BCUT2D eigenvalue weighted by Crippen LogP contribution is 2.17. The van der Waals surface area contributed by atoms with Gasteiger partial charge in [-0.1, -0.05) is 10.7 Å². The van der Waals surface area contributed by atoms with Gasteiger partial charge in [-0.15, -0.1) is 0 Å². The van der Waals surface area contributed by atoms with E-state index < -0.39 is 0 Å². The van der Waals surface area contributed by atoms with E-state index in [4.69, 9.17) is 4.84 Å². The zero-order chi connectivity index (χ0) is 10.0. The molecule has 1 atom stereocenters. The number of hydrogen-bond donors (Lipinski definition) is 0. The van der Waals surface area contributed by atoms with E-state index >= 15 is 0 Å². The Kier molecular flexibility index (Phi) is 3.05. The Hall–Kier alpha value is -0.880. The molecule has 1 heterocycles. The monoisotopic (exact) mass is 203 g/mol. The van der Waals surface area contributed by atoms with Crippen LogP contribution in [0.15, 0.2) is 5.10 Å². The van der Waals surface area contributed by atoms with Crippen molar-refractivity contribution in [3.05, 3.63) is 0 Å². The predicted octanol–water partition coefficient (Wildman–Crippen LogP) is -0.0765. The van der Waals surface area contributed by atoms with Crippen LogP contribution in [-0.4, -0.2) is 53.9 Å². The Labute approximate surface area is 80.0 Å². The first kappa shape index (κ1) is 10.2. The quantitative estimate of drug-likeness (QED) is 0.466. The van der Waals surface area contributed by atoms with Crippen molar-refractivity contribution in [3.63, 3.8) is 0 Å². The van der Waals surface area contributed by atoms with Gasteiger partial charge in [0.25, 0.3) is 5.91 Å². The first-order valence-electron chi connectivity index (χ1n) is 3.70. The highest BCUT2D eigenvalue weighted by molar-refractivity contribution is 8.13. The molecule has 13 heavy (non-hydrogen) atoms. The second kappa shape index (κ2) is 3.89. The molecule has 0 spiro atoms. The van der Waals surface area contributed by atoms with E-state index in [1.807, 2.05) is 18.7 Å². The normalized spacial score (nSPS) is 21.1. The summed E-state index contributed by atoms with van der Waals surface area (Å²) in [6.07, 6.45) is 2.00. The van der Waals surface area contributed by atoms with Crippen LogP contribution in [0, 0.1) is 0 Å². The fraction of sp³-hybridized carbons (Fsp3) is 0.571. The van der Waals surface area contributed by atoms with Crippen molar-refractivity contribution in [1.82, 2.24) is 9.48 Å². The van der Waals surface area contributed by atoms with Crippen LogP contribution in [0.4, 0.5) is 0 Å². The Morgan fingerprint density at radius 3 is 2.77 bits per heavy atom. The maximum atomic E-state index is 11.5. The smallest absolute Gasteiger partial charge is 0.274 e. The summed E-state index contributed by atoms with van der Waals surface area (Å²) in [5.74, 6) is -0.216. The van der Waals surface area contributed by atoms with Crippen LogP contribution >= 0.6 is 10.7 Å². The lowest BCUT2D eigenvalue weighted by Gasteiger charge is -2.11. The van der Waals surface area contributed by atoms with Crippen LogP contribution in [0.2, 0.25) is 0 Å². The van der Waals surface area contributed by atoms with Crippen molar-refractivity contribution < 1.29 is 9.63 Å². The Morgan fingerprint density at radius 1 is 1.77 bits per heavy atom. The van der Waals surface area contributed by atoms with Crippen LogP contribution < -0.4 is 0 Å². The molecule has 0 aromatic rings. The van der Waals surface area contributed by atoms with Crippen LogP contribution in [0.25, 0.3) is 0 Å². The molecule has 0 radical (unpaired) electrons. The highest BCUT2D eigenvalue weighted by atomic mass is 32.2. The molecule has 1 unspecified atom stereocenters. The summed E-state index contributed by atoms with van der Waals surface area (Å²) < 4.78 is 1.76. The molecule has 0 bridgehead atoms. The number of carbonyl (C=O) groups is 1. The fourth-order valence-corrected chi connectivity index (χ4v) is 1.66. The lowest BCUT2D eigenvalue weighted by molar-refractivity contribution is -0.160. The number of rotatable bonds is 2. The Bertz CT molecular complexity index is 287. The van der Waals surface area contributed by atoms with Gasteiger partial charge in [-0.25, -0.2) is 9.48 Å². The molecule has 0 aromatic heterocycles. The molecule has 0 aliphatic carbocycles. The van der Waals surface area contributed by atoms with Crippen molar-refractivity contribution in [2.75, 3.05) is 27.5 Å². The third-order valence-electron chi connectivity index (χ3n) is 1.73. The molecule has 0 aromatic carbocycles. The zero-order valence-corrected chi connectivity index (χ0v) is 8.96. The van der Waals surface area contributed by atoms with E-state index in [1.165, 1.54) is 7.11 Å². The van der Waals surface area contributed by atoms with Crippen molar-refractivity contribution in [1.29, 1.82) is 0 Å². The molecule has 0 saturated heterocycles.